The van der Waals surface area contributed by atoms with Gasteiger partial charge >= 0.3 is 5.69 Å². The smallest absolute Gasteiger partial charge is 0.330 e. The SMILES string of the molecule is O=c1ccn([C@@H]2O[C@H](C(O)CO)C(OCc3ccccc3)C2O)c(=O)[nH]1. The highest BCUT2D eigenvalue weighted by molar-refractivity contribution is 5.13. The molecule has 0 spiro atoms. The Bertz CT molecular complexity index is 835. The predicted octanol–water partition coefficient (Wildman–Crippen LogP) is -1.27. The first-order chi connectivity index (χ1) is 12.5. The molecule has 26 heavy (non-hydrogen) atoms. The Morgan fingerprint density at radius 2 is 1.96 bits per heavy atom. The van der Waals surface area contributed by atoms with Crippen LogP contribution >= 0.6 is 0 Å². The molecule has 1 aromatic heterocycles. The Labute approximate surface area is 148 Å². The minimum absolute atomic E-state index is 0.147. The van der Waals surface area contributed by atoms with Crippen molar-refractivity contribution in [3.05, 3.63) is 69.0 Å². The number of H-pyrrole nitrogens is 1. The van der Waals surface area contributed by atoms with Crippen LogP contribution in [0, 0.1) is 0 Å². The third kappa shape index (κ3) is 3.76. The molecule has 1 aliphatic heterocycles. The van der Waals surface area contributed by atoms with Gasteiger partial charge in [0.15, 0.2) is 6.23 Å². The second-order valence-corrected chi connectivity index (χ2v) is 6.01. The molecule has 1 aromatic carbocycles. The quantitative estimate of drug-likeness (QED) is 0.502. The monoisotopic (exact) mass is 364 g/mol. The van der Waals surface area contributed by atoms with Gasteiger partial charge in [-0.05, 0) is 5.56 Å². The Balaban J connectivity index is 1.83. The first-order valence-corrected chi connectivity index (χ1v) is 8.10. The summed E-state index contributed by atoms with van der Waals surface area (Å²) in [6.45, 7) is -0.455. The number of aromatic nitrogens is 2. The molecule has 0 radical (unpaired) electrons. The highest BCUT2D eigenvalue weighted by atomic mass is 16.6. The third-order valence-corrected chi connectivity index (χ3v) is 4.23. The van der Waals surface area contributed by atoms with E-state index in [9.17, 15) is 24.9 Å². The van der Waals surface area contributed by atoms with Gasteiger partial charge in [-0.1, -0.05) is 30.3 Å². The lowest BCUT2D eigenvalue weighted by Crippen LogP contribution is -2.42. The molecule has 4 N–H and O–H groups in total. The fraction of sp³-hybridized carbons (Fsp3) is 0.412. The maximum Gasteiger partial charge on any atom is 0.330 e. The van der Waals surface area contributed by atoms with E-state index in [1.807, 2.05) is 30.3 Å². The van der Waals surface area contributed by atoms with Gasteiger partial charge in [-0.3, -0.25) is 14.3 Å². The summed E-state index contributed by atoms with van der Waals surface area (Å²) in [6, 6.07) is 10.3. The van der Waals surface area contributed by atoms with Crippen molar-refractivity contribution in [3.8, 4) is 0 Å². The number of aromatic amines is 1. The maximum absolute atomic E-state index is 12.0. The van der Waals surface area contributed by atoms with E-state index in [4.69, 9.17) is 9.47 Å². The number of nitrogens with one attached hydrogen (secondary N) is 1. The van der Waals surface area contributed by atoms with Crippen LogP contribution in [0.25, 0.3) is 0 Å². The fourth-order valence-corrected chi connectivity index (χ4v) is 2.91. The van der Waals surface area contributed by atoms with Crippen LogP contribution in [-0.2, 0) is 16.1 Å². The van der Waals surface area contributed by atoms with E-state index in [0.717, 1.165) is 16.2 Å². The Morgan fingerprint density at radius 1 is 1.23 bits per heavy atom. The number of hydrogen-bond donors (Lipinski definition) is 4. The van der Waals surface area contributed by atoms with Crippen LogP contribution < -0.4 is 11.2 Å². The number of nitrogens with zero attached hydrogens (tertiary/aromatic N) is 1. The topological polar surface area (TPSA) is 134 Å². The van der Waals surface area contributed by atoms with Crippen molar-refractivity contribution in [2.24, 2.45) is 0 Å². The number of aliphatic hydroxyl groups excluding tert-OH is 3. The standard InChI is InChI=1S/C17H20N2O7/c20-8-11(21)14-15(25-9-10-4-2-1-3-5-10)13(23)16(26-14)19-7-6-12(22)18-17(19)24/h1-7,11,13-16,20-21,23H,8-9H2,(H,18,22,24)/t11?,13?,14-,15?,16-/m1/s1. The van der Waals surface area contributed by atoms with Crippen LogP contribution in [0.4, 0.5) is 0 Å². The van der Waals surface area contributed by atoms with Crippen LogP contribution in [0.15, 0.2) is 52.2 Å². The molecule has 1 aliphatic rings. The molecule has 3 unspecified atom stereocenters. The Morgan fingerprint density at radius 3 is 2.62 bits per heavy atom. The van der Waals surface area contributed by atoms with E-state index in [2.05, 4.69) is 4.98 Å². The Hall–Kier alpha value is -2.30. The second kappa shape index (κ2) is 7.94. The van der Waals surface area contributed by atoms with Gasteiger partial charge in [0.1, 0.15) is 24.4 Å². The van der Waals surface area contributed by atoms with E-state index in [-0.39, 0.29) is 6.61 Å². The summed E-state index contributed by atoms with van der Waals surface area (Å²) in [7, 11) is 0. The first kappa shape index (κ1) is 18.5. The third-order valence-electron chi connectivity index (χ3n) is 4.23. The van der Waals surface area contributed by atoms with Gasteiger partial charge in [-0.2, -0.15) is 0 Å². The van der Waals surface area contributed by atoms with Crippen molar-refractivity contribution in [2.75, 3.05) is 6.61 Å². The zero-order chi connectivity index (χ0) is 18.7. The number of rotatable bonds is 6. The molecule has 0 bridgehead atoms. The van der Waals surface area contributed by atoms with Crippen molar-refractivity contribution in [1.82, 2.24) is 9.55 Å². The van der Waals surface area contributed by atoms with Crippen molar-refractivity contribution >= 4 is 0 Å². The van der Waals surface area contributed by atoms with Gasteiger partial charge in [-0.25, -0.2) is 4.79 Å². The Kier molecular flexibility index (Phi) is 5.64. The van der Waals surface area contributed by atoms with Crippen LogP contribution in [0.5, 0.6) is 0 Å². The van der Waals surface area contributed by atoms with Gasteiger partial charge in [0.2, 0.25) is 0 Å². The van der Waals surface area contributed by atoms with E-state index in [0.29, 0.717) is 0 Å². The van der Waals surface area contributed by atoms with Gasteiger partial charge in [0, 0.05) is 12.3 Å². The van der Waals surface area contributed by atoms with E-state index in [1.54, 1.807) is 0 Å². The van der Waals surface area contributed by atoms with Crippen molar-refractivity contribution < 1.29 is 24.8 Å². The lowest BCUT2D eigenvalue weighted by molar-refractivity contribution is -0.111. The van der Waals surface area contributed by atoms with E-state index in [1.165, 1.54) is 6.20 Å². The zero-order valence-electron chi connectivity index (χ0n) is 13.8. The average molecular weight is 364 g/mol. The van der Waals surface area contributed by atoms with Gasteiger partial charge in [0.25, 0.3) is 5.56 Å². The van der Waals surface area contributed by atoms with Crippen molar-refractivity contribution in [2.45, 2.75) is 37.3 Å². The molecular weight excluding hydrogens is 344 g/mol. The molecule has 0 amide bonds. The summed E-state index contributed by atoms with van der Waals surface area (Å²) < 4.78 is 12.3. The molecule has 3 rings (SSSR count). The predicted molar refractivity (Wildman–Crippen MR) is 89.4 cm³/mol. The average Bonchev–Trinajstić information content (AvgIpc) is 2.96. The minimum Gasteiger partial charge on any atom is -0.394 e. The van der Waals surface area contributed by atoms with Crippen molar-refractivity contribution in [1.29, 1.82) is 0 Å². The fourth-order valence-electron chi connectivity index (χ4n) is 2.91. The molecule has 0 saturated carbocycles. The summed E-state index contributed by atoms with van der Waals surface area (Å²) in [4.78, 5) is 25.3. The summed E-state index contributed by atoms with van der Waals surface area (Å²) in [5.41, 5.74) is -0.494. The molecule has 2 heterocycles. The highest BCUT2D eigenvalue weighted by Crippen LogP contribution is 2.32. The number of hydrogen-bond acceptors (Lipinski definition) is 7. The molecule has 2 aromatic rings. The highest BCUT2D eigenvalue weighted by Gasteiger charge is 2.48. The lowest BCUT2D eigenvalue weighted by Gasteiger charge is -2.23. The molecule has 140 valence electrons. The molecule has 1 fully saturated rings. The van der Waals surface area contributed by atoms with E-state index < -0.39 is 48.5 Å². The molecule has 5 atom stereocenters. The van der Waals surface area contributed by atoms with Crippen LogP contribution in [0.1, 0.15) is 11.8 Å². The summed E-state index contributed by atoms with van der Waals surface area (Å²) in [6.07, 6.45) is -4.63. The summed E-state index contributed by atoms with van der Waals surface area (Å²) in [5, 5.41) is 29.9. The largest absolute Gasteiger partial charge is 0.394 e. The maximum atomic E-state index is 12.0. The van der Waals surface area contributed by atoms with Gasteiger partial charge in [0.05, 0.1) is 13.2 Å². The van der Waals surface area contributed by atoms with E-state index >= 15 is 0 Å². The number of ether oxygens (including phenoxy) is 2. The first-order valence-electron chi connectivity index (χ1n) is 8.10. The van der Waals surface area contributed by atoms with Crippen LogP contribution in [0.3, 0.4) is 0 Å². The summed E-state index contributed by atoms with van der Waals surface area (Å²) >= 11 is 0. The molecule has 1 saturated heterocycles. The molecule has 0 aliphatic carbocycles. The number of aliphatic hydroxyl groups is 3. The second-order valence-electron chi connectivity index (χ2n) is 6.01. The lowest BCUT2D eigenvalue weighted by atomic mass is 10.1. The summed E-state index contributed by atoms with van der Waals surface area (Å²) in [5.74, 6) is 0. The molecular formula is C17H20N2O7. The normalized spacial score (nSPS) is 26.7. The minimum atomic E-state index is -1.31. The van der Waals surface area contributed by atoms with Crippen molar-refractivity contribution in [3.63, 3.8) is 0 Å². The van der Waals surface area contributed by atoms with Crippen LogP contribution in [-0.4, -0.2) is 55.9 Å². The molecule has 9 nitrogen and oxygen atoms in total. The van der Waals surface area contributed by atoms with Gasteiger partial charge in [-0.15, -0.1) is 0 Å². The molecule has 9 heteroatoms. The zero-order valence-corrected chi connectivity index (χ0v) is 13.8. The van der Waals surface area contributed by atoms with Gasteiger partial charge < -0.3 is 24.8 Å². The number of benzene rings is 1. The van der Waals surface area contributed by atoms with Crippen LogP contribution in [0.2, 0.25) is 0 Å².